The average molecular weight is 403 g/mol. The van der Waals surface area contributed by atoms with Gasteiger partial charge in [0.25, 0.3) is 10.8 Å². The predicted octanol–water partition coefficient (Wildman–Crippen LogP) is 3.60. The Balaban J connectivity index is 2.03. The van der Waals surface area contributed by atoms with Gasteiger partial charge in [-0.3, -0.25) is 4.79 Å². The van der Waals surface area contributed by atoms with E-state index in [0.29, 0.717) is 6.61 Å². The van der Waals surface area contributed by atoms with E-state index in [4.69, 9.17) is 45.3 Å². The molecular weight excluding hydrogens is 387 g/mol. The van der Waals surface area contributed by atoms with Crippen LogP contribution in [0, 0.1) is 0 Å². The van der Waals surface area contributed by atoms with E-state index in [-0.39, 0.29) is 26.6 Å². The topological polar surface area (TPSA) is 90.8 Å². The van der Waals surface area contributed by atoms with Gasteiger partial charge in [0, 0.05) is 0 Å². The Kier molecular flexibility index (Phi) is 6.87. The molecule has 0 atom stereocenters. The van der Waals surface area contributed by atoms with Crippen molar-refractivity contribution in [2.45, 2.75) is 13.3 Å². The van der Waals surface area contributed by atoms with Crippen molar-refractivity contribution in [1.29, 1.82) is 0 Å². The summed E-state index contributed by atoms with van der Waals surface area (Å²) < 4.78 is 5.49. The standard InChI is InChI=1S/C16H15Cl3N4O2/c1-2-7-25-10-5-3-9(4-6-10)8-21-23-16(24)14-11(17)13(20)12(18)15(19)22-14/h3-6,8H,2,7H2,1H3,(H2,20,22)(H,23,24)/p+1/b21-8+. The largest absolute Gasteiger partial charge is 0.494 e. The first kappa shape index (κ1) is 19.3. The van der Waals surface area contributed by atoms with Crippen molar-refractivity contribution in [1.82, 2.24) is 5.43 Å². The highest BCUT2D eigenvalue weighted by Gasteiger charge is 2.25. The van der Waals surface area contributed by atoms with Crippen LogP contribution in [0.3, 0.4) is 0 Å². The van der Waals surface area contributed by atoms with E-state index >= 15 is 0 Å². The predicted molar refractivity (Wildman–Crippen MR) is 99.7 cm³/mol. The number of hydrazone groups is 1. The second kappa shape index (κ2) is 8.89. The van der Waals surface area contributed by atoms with Gasteiger partial charge >= 0.3 is 5.91 Å². The number of hydrogen-bond donors (Lipinski definition) is 2. The lowest BCUT2D eigenvalue weighted by Crippen LogP contribution is -2.28. The van der Waals surface area contributed by atoms with Crippen molar-refractivity contribution in [3.05, 3.63) is 50.7 Å². The number of anilines is 1. The van der Waals surface area contributed by atoms with Crippen LogP contribution in [0.5, 0.6) is 5.75 Å². The monoisotopic (exact) mass is 401 g/mol. The molecule has 132 valence electrons. The molecule has 0 radical (unpaired) electrons. The molecule has 2 rings (SSSR count). The second-order valence-electron chi connectivity index (χ2n) is 4.97. The molecule has 0 aliphatic rings. The molecule has 1 amide bonds. The van der Waals surface area contributed by atoms with Crippen molar-refractivity contribution >= 4 is 52.6 Å². The first-order valence-electron chi connectivity index (χ1n) is 7.35. The van der Waals surface area contributed by atoms with Gasteiger partial charge < -0.3 is 10.5 Å². The summed E-state index contributed by atoms with van der Waals surface area (Å²) in [6.45, 7) is 2.70. The van der Waals surface area contributed by atoms with Crippen LogP contribution >= 0.6 is 34.8 Å². The molecule has 0 aliphatic carbocycles. The maximum Gasteiger partial charge on any atom is 0.337 e. The van der Waals surface area contributed by atoms with Crippen LogP contribution in [0.1, 0.15) is 29.4 Å². The number of aromatic nitrogens is 1. The van der Waals surface area contributed by atoms with Gasteiger partial charge in [-0.05, 0) is 47.9 Å². The van der Waals surface area contributed by atoms with Gasteiger partial charge in [-0.25, -0.2) is 5.43 Å². The number of nitrogens with two attached hydrogens (primary N) is 1. The lowest BCUT2D eigenvalue weighted by atomic mass is 10.2. The third-order valence-corrected chi connectivity index (χ3v) is 4.24. The number of ether oxygens (including phenoxy) is 1. The molecule has 0 bridgehead atoms. The SMILES string of the molecule is CCCOc1ccc(/C=N/NC(=O)c2[nH+]c(Cl)c(Cl)c(N)c2Cl)cc1. The molecule has 9 heteroatoms. The molecule has 25 heavy (non-hydrogen) atoms. The lowest BCUT2D eigenvalue weighted by molar-refractivity contribution is -0.379. The average Bonchev–Trinajstić information content (AvgIpc) is 2.62. The Morgan fingerprint density at radius 3 is 2.60 bits per heavy atom. The summed E-state index contributed by atoms with van der Waals surface area (Å²) >= 11 is 17.7. The van der Waals surface area contributed by atoms with Gasteiger partial charge in [0.1, 0.15) is 15.8 Å². The van der Waals surface area contributed by atoms with E-state index in [1.165, 1.54) is 6.21 Å². The van der Waals surface area contributed by atoms with Crippen molar-refractivity contribution in [2.75, 3.05) is 12.3 Å². The van der Waals surface area contributed by atoms with Crippen LogP contribution in [0.15, 0.2) is 29.4 Å². The van der Waals surface area contributed by atoms with Crippen molar-refractivity contribution in [3.8, 4) is 5.75 Å². The molecule has 0 saturated heterocycles. The van der Waals surface area contributed by atoms with Crippen LogP contribution in [-0.2, 0) is 0 Å². The van der Waals surface area contributed by atoms with Crippen LogP contribution in [0.2, 0.25) is 15.2 Å². The fourth-order valence-electron chi connectivity index (χ4n) is 1.82. The molecule has 2 aromatic rings. The number of hydrogen-bond acceptors (Lipinski definition) is 4. The third-order valence-electron chi connectivity index (χ3n) is 3.08. The Morgan fingerprint density at radius 2 is 1.96 bits per heavy atom. The highest BCUT2D eigenvalue weighted by molar-refractivity contribution is 6.45. The van der Waals surface area contributed by atoms with E-state index in [2.05, 4.69) is 15.5 Å². The number of rotatable bonds is 6. The zero-order chi connectivity index (χ0) is 18.4. The Hall–Kier alpha value is -2.02. The number of pyridine rings is 1. The first-order valence-corrected chi connectivity index (χ1v) is 8.49. The maximum atomic E-state index is 12.1. The molecule has 1 aromatic heterocycles. The molecule has 0 fully saturated rings. The van der Waals surface area contributed by atoms with Crippen LogP contribution in [0.25, 0.3) is 0 Å². The van der Waals surface area contributed by atoms with E-state index < -0.39 is 5.91 Å². The highest BCUT2D eigenvalue weighted by atomic mass is 35.5. The minimum Gasteiger partial charge on any atom is -0.494 e. The summed E-state index contributed by atoms with van der Waals surface area (Å²) in [7, 11) is 0. The van der Waals surface area contributed by atoms with E-state index in [1.807, 2.05) is 31.2 Å². The minimum absolute atomic E-state index is 0.0142. The smallest absolute Gasteiger partial charge is 0.337 e. The number of nitrogen functional groups attached to an aromatic ring is 1. The normalized spacial score (nSPS) is 10.9. The van der Waals surface area contributed by atoms with Gasteiger partial charge in [0.15, 0.2) is 0 Å². The van der Waals surface area contributed by atoms with E-state index in [1.54, 1.807) is 0 Å². The molecule has 0 saturated carbocycles. The van der Waals surface area contributed by atoms with Gasteiger partial charge in [0.2, 0.25) is 0 Å². The number of amides is 1. The maximum absolute atomic E-state index is 12.1. The highest BCUT2D eigenvalue weighted by Crippen LogP contribution is 2.31. The summed E-state index contributed by atoms with van der Waals surface area (Å²) in [5.74, 6) is 0.171. The fraction of sp³-hybridized carbons (Fsp3) is 0.188. The summed E-state index contributed by atoms with van der Waals surface area (Å²) in [6.07, 6.45) is 2.42. The fourth-order valence-corrected chi connectivity index (χ4v) is 2.43. The Bertz CT molecular complexity index is 795. The van der Waals surface area contributed by atoms with Crippen molar-refractivity contribution in [2.24, 2.45) is 5.10 Å². The number of nitrogens with zero attached hydrogens (tertiary/aromatic N) is 1. The number of benzene rings is 1. The molecule has 0 spiro atoms. The van der Waals surface area contributed by atoms with Crippen molar-refractivity contribution < 1.29 is 14.5 Å². The number of halogens is 3. The minimum atomic E-state index is -0.602. The molecule has 6 nitrogen and oxygen atoms in total. The Morgan fingerprint density at radius 1 is 1.28 bits per heavy atom. The molecule has 4 N–H and O–H groups in total. The quantitative estimate of drug-likeness (QED) is 0.439. The van der Waals surface area contributed by atoms with Gasteiger partial charge in [-0.1, -0.05) is 30.1 Å². The number of nitrogens with one attached hydrogen (secondary N) is 2. The molecular formula is C16H16Cl3N4O2+. The zero-order valence-electron chi connectivity index (χ0n) is 13.3. The number of aromatic amines is 1. The molecule has 1 heterocycles. The van der Waals surface area contributed by atoms with E-state index in [0.717, 1.165) is 17.7 Å². The summed E-state index contributed by atoms with van der Waals surface area (Å²) in [5.41, 5.74) is 8.80. The van der Waals surface area contributed by atoms with Gasteiger partial charge in [0.05, 0.1) is 18.5 Å². The van der Waals surface area contributed by atoms with E-state index in [9.17, 15) is 4.79 Å². The Labute approximate surface area is 159 Å². The lowest BCUT2D eigenvalue weighted by Gasteiger charge is -2.04. The van der Waals surface area contributed by atoms with Gasteiger partial charge in [-0.2, -0.15) is 10.1 Å². The van der Waals surface area contributed by atoms with Crippen LogP contribution in [0.4, 0.5) is 5.69 Å². The first-order chi connectivity index (χ1) is 11.9. The van der Waals surface area contributed by atoms with Gasteiger partial charge in [-0.15, -0.1) is 0 Å². The summed E-state index contributed by atoms with van der Waals surface area (Å²) in [4.78, 5) is 14.7. The number of H-pyrrole nitrogens is 1. The third kappa shape index (κ3) is 4.98. The number of carbonyl (C=O) groups is 1. The van der Waals surface area contributed by atoms with Crippen LogP contribution < -0.4 is 20.9 Å². The summed E-state index contributed by atoms with van der Waals surface area (Å²) in [5, 5.41) is 3.91. The number of carbonyl (C=O) groups excluding carboxylic acids is 1. The molecule has 1 aromatic carbocycles. The van der Waals surface area contributed by atoms with Crippen LogP contribution in [-0.4, -0.2) is 18.7 Å². The summed E-state index contributed by atoms with van der Waals surface area (Å²) in [6, 6.07) is 7.28. The van der Waals surface area contributed by atoms with Crippen molar-refractivity contribution in [3.63, 3.8) is 0 Å². The molecule has 0 unspecified atom stereocenters. The molecule has 0 aliphatic heterocycles. The zero-order valence-corrected chi connectivity index (χ0v) is 15.5. The second-order valence-corrected chi connectivity index (χ2v) is 6.11.